The van der Waals surface area contributed by atoms with Crippen molar-refractivity contribution < 1.29 is 14.3 Å². The van der Waals surface area contributed by atoms with Crippen LogP contribution in [0.2, 0.25) is 0 Å². The van der Waals surface area contributed by atoms with Crippen molar-refractivity contribution in [2.24, 2.45) is 0 Å². The summed E-state index contributed by atoms with van der Waals surface area (Å²) < 4.78 is 12.7. The molecule has 0 bridgehead atoms. The lowest BCUT2D eigenvalue weighted by Gasteiger charge is -2.29. The number of hydrogen-bond donors (Lipinski definition) is 1. The van der Waals surface area contributed by atoms with E-state index >= 15 is 0 Å². The Morgan fingerprint density at radius 1 is 1.29 bits per heavy atom. The first-order valence-electron chi connectivity index (χ1n) is 7.93. The van der Waals surface area contributed by atoms with Crippen LogP contribution in [0.5, 0.6) is 5.75 Å². The van der Waals surface area contributed by atoms with Crippen LogP contribution in [0.1, 0.15) is 32.4 Å². The summed E-state index contributed by atoms with van der Waals surface area (Å²) in [5, 5.41) is 7.40. The summed E-state index contributed by atoms with van der Waals surface area (Å²) in [6.45, 7) is 6.38. The highest BCUT2D eigenvalue weighted by Crippen LogP contribution is 2.39. The predicted octanol–water partition coefficient (Wildman–Crippen LogP) is 2.53. The molecule has 1 aliphatic heterocycles. The van der Waals surface area contributed by atoms with E-state index in [0.717, 1.165) is 5.56 Å². The number of nitrogens with zero attached hydrogens (tertiary/aromatic N) is 3. The highest BCUT2D eigenvalue weighted by Gasteiger charge is 2.35. The first-order chi connectivity index (χ1) is 11.7. The third-order valence-corrected chi connectivity index (χ3v) is 3.80. The highest BCUT2D eigenvalue weighted by molar-refractivity contribution is 5.92. The standard InChI is InChI=1S/C17H20N4O3/c1-4-23-13-9-7-6-8-12(13)15-14(16(22)24-5-2)11(3)20-17-18-10-19-21(15)17/h6-10,15H,4-5H2,1-3H3,(H,18,19,20)/t15-/m1/s1. The Balaban J connectivity index is 2.16. The quantitative estimate of drug-likeness (QED) is 0.850. The van der Waals surface area contributed by atoms with Crippen LogP contribution in [0.3, 0.4) is 0 Å². The minimum atomic E-state index is -0.453. The van der Waals surface area contributed by atoms with Gasteiger partial charge in [0.15, 0.2) is 0 Å². The lowest BCUT2D eigenvalue weighted by atomic mass is 9.95. The molecule has 0 spiro atoms. The van der Waals surface area contributed by atoms with E-state index in [9.17, 15) is 4.79 Å². The fourth-order valence-electron chi connectivity index (χ4n) is 2.85. The molecular formula is C17H20N4O3. The van der Waals surface area contributed by atoms with Gasteiger partial charge in [0.2, 0.25) is 5.95 Å². The first-order valence-corrected chi connectivity index (χ1v) is 7.93. The third-order valence-electron chi connectivity index (χ3n) is 3.80. The first kappa shape index (κ1) is 16.0. The van der Waals surface area contributed by atoms with Crippen LogP contribution >= 0.6 is 0 Å². The molecule has 24 heavy (non-hydrogen) atoms. The van der Waals surface area contributed by atoms with E-state index in [1.165, 1.54) is 6.33 Å². The molecule has 126 valence electrons. The van der Waals surface area contributed by atoms with Gasteiger partial charge in [-0.1, -0.05) is 18.2 Å². The SMILES string of the molecule is CCOC(=O)C1=C(C)Nc2ncnn2[C@@H]1c1ccccc1OCC. The van der Waals surface area contributed by atoms with Crippen LogP contribution in [0, 0.1) is 0 Å². The predicted molar refractivity (Wildman–Crippen MR) is 88.7 cm³/mol. The van der Waals surface area contributed by atoms with E-state index in [2.05, 4.69) is 15.4 Å². The average molecular weight is 328 g/mol. The van der Waals surface area contributed by atoms with Crippen LogP contribution in [0.15, 0.2) is 41.9 Å². The van der Waals surface area contributed by atoms with Gasteiger partial charge in [-0.2, -0.15) is 10.1 Å². The lowest BCUT2D eigenvalue weighted by Crippen LogP contribution is -2.30. The van der Waals surface area contributed by atoms with E-state index in [1.54, 1.807) is 11.6 Å². The molecule has 3 rings (SSSR count). The molecule has 0 aliphatic carbocycles. The topological polar surface area (TPSA) is 78.3 Å². The summed E-state index contributed by atoms with van der Waals surface area (Å²) >= 11 is 0. The van der Waals surface area contributed by atoms with Gasteiger partial charge in [0, 0.05) is 11.3 Å². The zero-order valence-corrected chi connectivity index (χ0v) is 13.9. The molecule has 7 nitrogen and oxygen atoms in total. The number of fused-ring (bicyclic) bond motifs is 1. The summed E-state index contributed by atoms with van der Waals surface area (Å²) in [5.74, 6) is 0.916. The Hall–Kier alpha value is -2.83. The minimum absolute atomic E-state index is 0.305. The van der Waals surface area contributed by atoms with Crippen molar-refractivity contribution in [3.8, 4) is 5.75 Å². The number of nitrogens with one attached hydrogen (secondary N) is 1. The molecule has 0 unspecified atom stereocenters. The highest BCUT2D eigenvalue weighted by atomic mass is 16.5. The van der Waals surface area contributed by atoms with E-state index in [1.807, 2.05) is 38.1 Å². The molecule has 1 atom stereocenters. The smallest absolute Gasteiger partial charge is 0.338 e. The number of hydrogen-bond acceptors (Lipinski definition) is 6. The molecule has 0 saturated heterocycles. The van der Waals surface area contributed by atoms with E-state index < -0.39 is 6.04 Å². The van der Waals surface area contributed by atoms with Gasteiger partial charge in [-0.15, -0.1) is 0 Å². The van der Waals surface area contributed by atoms with E-state index in [-0.39, 0.29) is 5.97 Å². The Kier molecular flexibility index (Phi) is 4.50. The van der Waals surface area contributed by atoms with Crippen molar-refractivity contribution in [3.05, 3.63) is 47.4 Å². The van der Waals surface area contributed by atoms with Crippen molar-refractivity contribution in [1.82, 2.24) is 14.8 Å². The zero-order valence-electron chi connectivity index (χ0n) is 13.9. The maximum absolute atomic E-state index is 12.6. The Labute approximate surface area is 140 Å². The molecule has 1 aromatic heterocycles. The fourth-order valence-corrected chi connectivity index (χ4v) is 2.85. The van der Waals surface area contributed by atoms with Crippen LogP contribution in [-0.2, 0) is 9.53 Å². The second-order valence-corrected chi connectivity index (χ2v) is 5.29. The molecule has 1 N–H and O–H groups in total. The Morgan fingerprint density at radius 3 is 2.83 bits per heavy atom. The normalized spacial score (nSPS) is 16.4. The molecule has 1 aliphatic rings. The number of esters is 1. The fraction of sp³-hybridized carbons (Fsp3) is 0.353. The van der Waals surface area contributed by atoms with Crippen molar-refractivity contribution in [3.63, 3.8) is 0 Å². The van der Waals surface area contributed by atoms with Crippen LogP contribution in [0.25, 0.3) is 0 Å². The van der Waals surface area contributed by atoms with E-state index in [4.69, 9.17) is 9.47 Å². The maximum Gasteiger partial charge on any atom is 0.338 e. The second-order valence-electron chi connectivity index (χ2n) is 5.29. The van der Waals surface area contributed by atoms with Gasteiger partial charge >= 0.3 is 5.97 Å². The number of carbonyl (C=O) groups excluding carboxylic acids is 1. The number of para-hydroxylation sites is 1. The van der Waals surface area contributed by atoms with Crippen molar-refractivity contribution in [2.75, 3.05) is 18.5 Å². The van der Waals surface area contributed by atoms with Crippen LogP contribution in [0.4, 0.5) is 5.95 Å². The third kappa shape index (κ3) is 2.73. The van der Waals surface area contributed by atoms with Gasteiger partial charge in [0.1, 0.15) is 18.1 Å². The van der Waals surface area contributed by atoms with Gasteiger partial charge in [-0.05, 0) is 26.8 Å². The minimum Gasteiger partial charge on any atom is -0.494 e. The van der Waals surface area contributed by atoms with Crippen molar-refractivity contribution in [1.29, 1.82) is 0 Å². The zero-order chi connectivity index (χ0) is 17.1. The summed E-state index contributed by atoms with van der Waals surface area (Å²) in [6, 6.07) is 7.17. The van der Waals surface area contributed by atoms with Gasteiger partial charge in [0.25, 0.3) is 0 Å². The lowest BCUT2D eigenvalue weighted by molar-refractivity contribution is -0.139. The van der Waals surface area contributed by atoms with Crippen molar-refractivity contribution >= 4 is 11.9 Å². The van der Waals surface area contributed by atoms with Crippen LogP contribution < -0.4 is 10.1 Å². The van der Waals surface area contributed by atoms with Gasteiger partial charge in [-0.3, -0.25) is 0 Å². The molecular weight excluding hydrogens is 308 g/mol. The molecule has 0 radical (unpaired) electrons. The molecule has 7 heteroatoms. The summed E-state index contributed by atoms with van der Waals surface area (Å²) in [6.07, 6.45) is 1.46. The Bertz CT molecular complexity index is 782. The number of carbonyl (C=O) groups is 1. The molecule has 0 amide bonds. The van der Waals surface area contributed by atoms with Crippen molar-refractivity contribution in [2.45, 2.75) is 26.8 Å². The number of allylic oxidation sites excluding steroid dienone is 1. The summed E-state index contributed by atoms with van der Waals surface area (Å²) in [7, 11) is 0. The molecule has 1 aromatic carbocycles. The van der Waals surface area contributed by atoms with E-state index in [0.29, 0.717) is 36.2 Å². The molecule has 2 heterocycles. The van der Waals surface area contributed by atoms with Gasteiger partial charge in [0.05, 0.1) is 18.8 Å². The monoisotopic (exact) mass is 328 g/mol. The molecule has 0 fully saturated rings. The summed E-state index contributed by atoms with van der Waals surface area (Å²) in [5.41, 5.74) is 2.04. The number of rotatable bonds is 5. The number of benzene rings is 1. The molecule has 0 saturated carbocycles. The second kappa shape index (κ2) is 6.74. The van der Waals surface area contributed by atoms with Gasteiger partial charge in [-0.25, -0.2) is 9.48 Å². The van der Waals surface area contributed by atoms with Gasteiger partial charge < -0.3 is 14.8 Å². The summed E-state index contributed by atoms with van der Waals surface area (Å²) in [4.78, 5) is 16.8. The molecule has 2 aromatic rings. The Morgan fingerprint density at radius 2 is 2.08 bits per heavy atom. The largest absolute Gasteiger partial charge is 0.494 e. The maximum atomic E-state index is 12.6. The number of ether oxygens (including phenoxy) is 2. The number of anilines is 1. The number of aromatic nitrogens is 3. The average Bonchev–Trinajstić information content (AvgIpc) is 3.02. The van der Waals surface area contributed by atoms with Crippen LogP contribution in [-0.4, -0.2) is 33.9 Å².